The van der Waals surface area contributed by atoms with Crippen molar-refractivity contribution in [2.45, 2.75) is 194 Å². The number of carbonyl (C=O) groups is 1. The average molecular weight is 597 g/mol. The monoisotopic (exact) mass is 597 g/mol. The smallest absolute Gasteiger partial charge is 0.132 e. The molecule has 1 aliphatic rings. The lowest BCUT2D eigenvalue weighted by Gasteiger charge is -2.43. The number of ketones is 1. The zero-order chi connectivity index (χ0) is 31.8. The van der Waals surface area contributed by atoms with Crippen molar-refractivity contribution in [3.05, 3.63) is 0 Å². The molecule has 5 heteroatoms. The van der Waals surface area contributed by atoms with Crippen LogP contribution in [0.5, 0.6) is 0 Å². The van der Waals surface area contributed by atoms with Crippen LogP contribution in [0.3, 0.4) is 0 Å². The van der Waals surface area contributed by atoms with Crippen molar-refractivity contribution in [1.29, 1.82) is 0 Å². The van der Waals surface area contributed by atoms with Gasteiger partial charge >= 0.3 is 0 Å². The van der Waals surface area contributed by atoms with Gasteiger partial charge in [-0.05, 0) is 109 Å². The van der Waals surface area contributed by atoms with E-state index in [2.05, 4.69) is 27.7 Å². The molecular formula is C37H72O5. The van der Waals surface area contributed by atoms with Crippen molar-refractivity contribution < 1.29 is 24.9 Å². The van der Waals surface area contributed by atoms with Crippen molar-refractivity contribution in [2.24, 2.45) is 29.6 Å². The molecule has 0 aliphatic heterocycles. The van der Waals surface area contributed by atoms with E-state index in [1.165, 1.54) is 32.1 Å². The molecule has 42 heavy (non-hydrogen) atoms. The molecule has 1 rings (SSSR count). The van der Waals surface area contributed by atoms with Gasteiger partial charge < -0.3 is 20.1 Å². The SMILES string of the molecule is CCCCCCCCOC1C(CCC(C)CCCC(C)(O)CCCC(C)(O)CCCC(C)C(C)=O)CC(O)C(C)C1C. The van der Waals surface area contributed by atoms with Gasteiger partial charge in [0.05, 0.1) is 23.4 Å². The van der Waals surface area contributed by atoms with E-state index in [4.69, 9.17) is 4.74 Å². The number of carbonyl (C=O) groups excluding carboxylic acids is 1. The van der Waals surface area contributed by atoms with Crippen LogP contribution in [0.1, 0.15) is 171 Å². The predicted molar refractivity (Wildman–Crippen MR) is 177 cm³/mol. The number of unbranched alkanes of at least 4 members (excludes halogenated alkanes) is 5. The molecule has 0 saturated heterocycles. The Balaban J connectivity index is 2.37. The van der Waals surface area contributed by atoms with Gasteiger partial charge in [-0.25, -0.2) is 0 Å². The van der Waals surface area contributed by atoms with Crippen molar-refractivity contribution in [3.8, 4) is 0 Å². The molecule has 0 amide bonds. The summed E-state index contributed by atoms with van der Waals surface area (Å²) < 4.78 is 6.52. The Kier molecular flexibility index (Phi) is 19.3. The number of ether oxygens (including phenoxy) is 1. The number of rotatable bonds is 24. The highest BCUT2D eigenvalue weighted by atomic mass is 16.5. The first kappa shape index (κ1) is 39.5. The van der Waals surface area contributed by atoms with Gasteiger partial charge in [-0.1, -0.05) is 86.0 Å². The third kappa shape index (κ3) is 16.5. The van der Waals surface area contributed by atoms with E-state index in [0.29, 0.717) is 37.0 Å². The normalized spacial score (nSPS) is 27.3. The zero-order valence-corrected chi connectivity index (χ0v) is 29.1. The van der Waals surface area contributed by atoms with E-state index >= 15 is 0 Å². The van der Waals surface area contributed by atoms with Crippen LogP contribution < -0.4 is 0 Å². The Labute approximate surface area is 261 Å². The number of hydrogen-bond donors (Lipinski definition) is 3. The summed E-state index contributed by atoms with van der Waals surface area (Å²) in [6, 6.07) is 0. The van der Waals surface area contributed by atoms with Crippen LogP contribution >= 0.6 is 0 Å². The van der Waals surface area contributed by atoms with Crippen molar-refractivity contribution in [2.75, 3.05) is 6.61 Å². The first-order chi connectivity index (χ1) is 19.7. The second-order valence-corrected chi connectivity index (χ2v) is 15.2. The molecule has 0 aromatic rings. The summed E-state index contributed by atoms with van der Waals surface area (Å²) >= 11 is 0. The lowest BCUT2D eigenvalue weighted by Crippen LogP contribution is -2.45. The van der Waals surface area contributed by atoms with Gasteiger partial charge in [0.1, 0.15) is 5.78 Å². The highest BCUT2D eigenvalue weighted by Crippen LogP contribution is 2.39. The van der Waals surface area contributed by atoms with E-state index < -0.39 is 11.2 Å². The Bertz CT molecular complexity index is 704. The van der Waals surface area contributed by atoms with Crippen LogP contribution in [-0.2, 0) is 9.53 Å². The molecule has 3 N–H and O–H groups in total. The molecule has 0 spiro atoms. The molecule has 9 atom stereocenters. The standard InChI is InChI=1S/C37H72O5/c1-9-10-11-12-13-14-26-42-35-31(5)30(4)34(39)27-33(35)21-20-28(2)18-15-22-36(7,40)24-17-25-37(8,41)23-16-19-29(3)32(6)38/h28-31,33-35,39-41H,9-27H2,1-8H3. The molecule has 9 unspecified atom stereocenters. The highest BCUT2D eigenvalue weighted by Gasteiger charge is 2.40. The van der Waals surface area contributed by atoms with Gasteiger partial charge in [0.15, 0.2) is 0 Å². The molecule has 1 saturated carbocycles. The predicted octanol–water partition coefficient (Wildman–Crippen LogP) is 9.04. The van der Waals surface area contributed by atoms with Crippen LogP contribution in [0.4, 0.5) is 0 Å². The minimum Gasteiger partial charge on any atom is -0.393 e. The van der Waals surface area contributed by atoms with Gasteiger partial charge in [-0.15, -0.1) is 0 Å². The Morgan fingerprint density at radius 3 is 1.95 bits per heavy atom. The quantitative estimate of drug-likeness (QED) is 0.0968. The molecular weight excluding hydrogens is 524 g/mol. The van der Waals surface area contributed by atoms with Crippen LogP contribution in [0.2, 0.25) is 0 Å². The van der Waals surface area contributed by atoms with E-state index in [1.807, 2.05) is 20.8 Å². The van der Waals surface area contributed by atoms with Crippen molar-refractivity contribution in [1.82, 2.24) is 0 Å². The lowest BCUT2D eigenvalue weighted by molar-refractivity contribution is -0.120. The fraction of sp³-hybridized carbons (Fsp3) is 0.973. The summed E-state index contributed by atoms with van der Waals surface area (Å²) in [5.41, 5.74) is -1.44. The molecule has 1 aliphatic carbocycles. The summed E-state index contributed by atoms with van der Waals surface area (Å²) in [6.07, 6.45) is 18.3. The topological polar surface area (TPSA) is 87.0 Å². The lowest BCUT2D eigenvalue weighted by atomic mass is 9.70. The Morgan fingerprint density at radius 2 is 1.36 bits per heavy atom. The maximum Gasteiger partial charge on any atom is 0.132 e. The molecule has 0 heterocycles. The van der Waals surface area contributed by atoms with Crippen LogP contribution in [0.15, 0.2) is 0 Å². The second-order valence-electron chi connectivity index (χ2n) is 15.2. The van der Waals surface area contributed by atoms with Crippen molar-refractivity contribution in [3.63, 3.8) is 0 Å². The van der Waals surface area contributed by atoms with Crippen LogP contribution in [-0.4, -0.2) is 51.1 Å². The molecule has 0 radical (unpaired) electrons. The zero-order valence-electron chi connectivity index (χ0n) is 29.1. The van der Waals surface area contributed by atoms with Crippen molar-refractivity contribution >= 4 is 5.78 Å². The average Bonchev–Trinajstić information content (AvgIpc) is 2.90. The summed E-state index contributed by atoms with van der Waals surface area (Å²) in [7, 11) is 0. The molecule has 5 nitrogen and oxygen atoms in total. The third-order valence-corrected chi connectivity index (χ3v) is 10.7. The van der Waals surface area contributed by atoms with E-state index in [1.54, 1.807) is 6.92 Å². The third-order valence-electron chi connectivity index (χ3n) is 10.7. The maximum atomic E-state index is 11.4. The first-order valence-corrected chi connectivity index (χ1v) is 17.9. The van der Waals surface area contributed by atoms with E-state index in [9.17, 15) is 20.1 Å². The largest absolute Gasteiger partial charge is 0.393 e. The van der Waals surface area contributed by atoms with Gasteiger partial charge in [-0.2, -0.15) is 0 Å². The number of Topliss-reactive ketones (excluding diaryl/α,β-unsaturated/α-hetero) is 1. The summed E-state index contributed by atoms with van der Waals surface area (Å²) in [5, 5.41) is 32.5. The van der Waals surface area contributed by atoms with Gasteiger partial charge in [0, 0.05) is 12.5 Å². The number of aliphatic hydroxyl groups is 3. The van der Waals surface area contributed by atoms with E-state index in [-0.39, 0.29) is 29.8 Å². The fourth-order valence-electron chi connectivity index (χ4n) is 6.98. The molecule has 0 aromatic heterocycles. The van der Waals surface area contributed by atoms with Gasteiger partial charge in [0.25, 0.3) is 0 Å². The highest BCUT2D eigenvalue weighted by molar-refractivity contribution is 5.77. The maximum absolute atomic E-state index is 11.4. The minimum absolute atomic E-state index is 0.0649. The summed E-state index contributed by atoms with van der Waals surface area (Å²) in [4.78, 5) is 11.4. The van der Waals surface area contributed by atoms with Gasteiger partial charge in [0.2, 0.25) is 0 Å². The first-order valence-electron chi connectivity index (χ1n) is 17.9. The summed E-state index contributed by atoms with van der Waals surface area (Å²) in [6.45, 7) is 17.3. The van der Waals surface area contributed by atoms with Crippen LogP contribution in [0.25, 0.3) is 0 Å². The molecule has 0 aromatic carbocycles. The molecule has 250 valence electrons. The second kappa shape index (κ2) is 20.5. The van der Waals surface area contributed by atoms with Crippen LogP contribution in [0, 0.1) is 29.6 Å². The Hall–Kier alpha value is -0.490. The van der Waals surface area contributed by atoms with Gasteiger partial charge in [-0.3, -0.25) is 4.79 Å². The fourth-order valence-corrected chi connectivity index (χ4v) is 6.98. The summed E-state index contributed by atoms with van der Waals surface area (Å²) in [5.74, 6) is 1.97. The number of aliphatic hydroxyl groups excluding tert-OH is 1. The minimum atomic E-state index is -0.737. The molecule has 1 fully saturated rings. The van der Waals surface area contributed by atoms with E-state index in [0.717, 1.165) is 70.8 Å². The number of hydrogen-bond acceptors (Lipinski definition) is 5. The Morgan fingerprint density at radius 1 is 0.810 bits per heavy atom. The molecule has 0 bridgehead atoms.